The molecule has 1 aliphatic carbocycles. The van der Waals surface area contributed by atoms with Crippen LogP contribution in [0.25, 0.3) is 33.1 Å². The van der Waals surface area contributed by atoms with Gasteiger partial charge in [0.05, 0.1) is 28.5 Å². The molecule has 28 heavy (non-hydrogen) atoms. The Kier molecular flexibility index (Phi) is 3.62. The zero-order valence-corrected chi connectivity index (χ0v) is 14.9. The van der Waals surface area contributed by atoms with Gasteiger partial charge in [-0.05, 0) is 61.1 Å². The molecule has 0 unspecified atom stereocenters. The van der Waals surface area contributed by atoms with Gasteiger partial charge < -0.3 is 5.73 Å². The van der Waals surface area contributed by atoms with Crippen molar-refractivity contribution < 1.29 is 13.2 Å². The molecule has 0 saturated heterocycles. The number of nitrogen functional groups attached to an aromatic ring is 1. The number of fused-ring (bicyclic) bond motifs is 5. The molecular formula is C21H17F3N4. The average molecular weight is 382 g/mol. The second-order valence-corrected chi connectivity index (χ2v) is 7.22. The number of rotatable bonds is 1. The lowest BCUT2D eigenvalue weighted by Crippen LogP contribution is -2.11. The van der Waals surface area contributed by atoms with Gasteiger partial charge in [0.1, 0.15) is 0 Å². The van der Waals surface area contributed by atoms with Gasteiger partial charge in [-0.2, -0.15) is 18.3 Å². The minimum atomic E-state index is -4.50. The molecule has 7 heteroatoms. The summed E-state index contributed by atoms with van der Waals surface area (Å²) in [6.07, 6.45) is 1.02. The molecule has 0 fully saturated rings. The van der Waals surface area contributed by atoms with Crippen LogP contribution in [0, 0.1) is 0 Å². The van der Waals surface area contributed by atoms with Crippen molar-refractivity contribution in [3.8, 4) is 11.3 Å². The number of aryl methyl sites for hydroxylation is 1. The maximum absolute atomic E-state index is 13.4. The van der Waals surface area contributed by atoms with Crippen molar-refractivity contribution in [2.45, 2.75) is 31.9 Å². The number of nitrogens with two attached hydrogens (primary N) is 1. The quantitative estimate of drug-likeness (QED) is 0.442. The van der Waals surface area contributed by atoms with E-state index in [1.54, 1.807) is 12.3 Å². The first-order chi connectivity index (χ1) is 13.4. The Labute approximate surface area is 158 Å². The molecule has 5 rings (SSSR count). The number of aromatic amines is 1. The number of nitrogens with zero attached hydrogens (tertiary/aromatic N) is 2. The van der Waals surface area contributed by atoms with Crippen LogP contribution in [0.15, 0.2) is 36.5 Å². The zero-order valence-electron chi connectivity index (χ0n) is 14.9. The fourth-order valence-corrected chi connectivity index (χ4v) is 4.23. The molecule has 0 atom stereocenters. The highest BCUT2D eigenvalue weighted by Crippen LogP contribution is 2.40. The van der Waals surface area contributed by atoms with Crippen molar-refractivity contribution in [3.63, 3.8) is 0 Å². The predicted molar refractivity (Wildman–Crippen MR) is 103 cm³/mol. The van der Waals surface area contributed by atoms with E-state index in [4.69, 9.17) is 10.7 Å². The molecule has 142 valence electrons. The summed E-state index contributed by atoms with van der Waals surface area (Å²) in [7, 11) is 0. The molecule has 0 aliphatic heterocycles. The van der Waals surface area contributed by atoms with E-state index >= 15 is 0 Å². The Hall–Kier alpha value is -3.09. The number of H-pyrrole nitrogens is 1. The highest BCUT2D eigenvalue weighted by molar-refractivity contribution is 6.07. The minimum Gasteiger partial charge on any atom is -0.398 e. The third kappa shape index (κ3) is 2.53. The maximum atomic E-state index is 13.4. The standard InChI is InChI=1S/C21H17F3N4/c22-21(23,24)15-9-11(5-6-16(15)25)20-13-4-2-1-3-12(13)19-14-10-26-28-17(14)7-8-18(19)27-20/h5-10H,1-4,25H2,(H,26,28). The number of aromatic nitrogens is 3. The van der Waals surface area contributed by atoms with E-state index in [0.717, 1.165) is 59.1 Å². The van der Waals surface area contributed by atoms with Gasteiger partial charge in [-0.15, -0.1) is 0 Å². The average Bonchev–Trinajstić information content (AvgIpc) is 3.15. The summed E-state index contributed by atoms with van der Waals surface area (Å²) in [4.78, 5) is 4.79. The fraction of sp³-hybridized carbons (Fsp3) is 0.238. The van der Waals surface area contributed by atoms with Gasteiger partial charge >= 0.3 is 6.18 Å². The van der Waals surface area contributed by atoms with Gasteiger partial charge in [0.15, 0.2) is 0 Å². The van der Waals surface area contributed by atoms with Crippen molar-refractivity contribution in [1.82, 2.24) is 15.2 Å². The van der Waals surface area contributed by atoms with Crippen molar-refractivity contribution in [2.24, 2.45) is 0 Å². The fourth-order valence-electron chi connectivity index (χ4n) is 4.23. The van der Waals surface area contributed by atoms with Crippen LogP contribution in [-0.2, 0) is 19.0 Å². The molecule has 1 aliphatic rings. The van der Waals surface area contributed by atoms with E-state index in [2.05, 4.69) is 10.2 Å². The van der Waals surface area contributed by atoms with Crippen LogP contribution < -0.4 is 5.73 Å². The molecule has 4 aromatic rings. The molecule has 0 amide bonds. The number of anilines is 1. The number of hydrogen-bond acceptors (Lipinski definition) is 3. The normalized spacial score (nSPS) is 14.5. The Morgan fingerprint density at radius 2 is 1.79 bits per heavy atom. The van der Waals surface area contributed by atoms with Crippen LogP contribution in [0.5, 0.6) is 0 Å². The number of alkyl halides is 3. The summed E-state index contributed by atoms with van der Waals surface area (Å²) in [6, 6.07) is 7.87. The van der Waals surface area contributed by atoms with E-state index in [1.807, 2.05) is 12.1 Å². The summed E-state index contributed by atoms with van der Waals surface area (Å²) in [5, 5.41) is 9.17. The summed E-state index contributed by atoms with van der Waals surface area (Å²) in [5.41, 5.74) is 9.47. The summed E-state index contributed by atoms with van der Waals surface area (Å²) >= 11 is 0. The van der Waals surface area contributed by atoms with Crippen LogP contribution >= 0.6 is 0 Å². The predicted octanol–water partition coefficient (Wildman–Crippen LogP) is 5.26. The first-order valence-corrected chi connectivity index (χ1v) is 9.18. The number of nitrogens with one attached hydrogen (secondary N) is 1. The number of hydrogen-bond donors (Lipinski definition) is 2. The van der Waals surface area contributed by atoms with Crippen LogP contribution in [0.4, 0.5) is 18.9 Å². The molecular weight excluding hydrogens is 365 g/mol. The molecule has 0 bridgehead atoms. The van der Waals surface area contributed by atoms with Gasteiger partial charge in [0, 0.05) is 22.0 Å². The van der Waals surface area contributed by atoms with E-state index in [-0.39, 0.29) is 5.69 Å². The van der Waals surface area contributed by atoms with E-state index in [0.29, 0.717) is 11.3 Å². The first kappa shape index (κ1) is 17.0. The van der Waals surface area contributed by atoms with Crippen molar-refractivity contribution in [3.05, 3.63) is 53.2 Å². The molecule has 4 nitrogen and oxygen atoms in total. The maximum Gasteiger partial charge on any atom is 0.418 e. The SMILES string of the molecule is Nc1ccc(-c2nc3ccc4[nH]ncc4c3c3c2CCCC3)cc1C(F)(F)F. The number of benzene rings is 2. The van der Waals surface area contributed by atoms with Crippen LogP contribution in [0.2, 0.25) is 0 Å². The smallest absolute Gasteiger partial charge is 0.398 e. The Bertz CT molecular complexity index is 1220. The van der Waals surface area contributed by atoms with Gasteiger partial charge in [-0.25, -0.2) is 4.98 Å². The monoisotopic (exact) mass is 382 g/mol. The molecule has 2 aromatic carbocycles. The Balaban J connectivity index is 1.83. The largest absolute Gasteiger partial charge is 0.418 e. The van der Waals surface area contributed by atoms with Crippen LogP contribution in [0.3, 0.4) is 0 Å². The lowest BCUT2D eigenvalue weighted by Gasteiger charge is -2.22. The summed E-state index contributed by atoms with van der Waals surface area (Å²) < 4.78 is 40.1. The van der Waals surface area contributed by atoms with E-state index < -0.39 is 11.7 Å². The first-order valence-electron chi connectivity index (χ1n) is 9.18. The lowest BCUT2D eigenvalue weighted by molar-refractivity contribution is -0.136. The minimum absolute atomic E-state index is 0.272. The lowest BCUT2D eigenvalue weighted by atomic mass is 9.85. The van der Waals surface area contributed by atoms with E-state index in [1.165, 1.54) is 11.6 Å². The van der Waals surface area contributed by atoms with Crippen molar-refractivity contribution in [2.75, 3.05) is 5.73 Å². The third-order valence-corrected chi connectivity index (χ3v) is 5.52. The second-order valence-electron chi connectivity index (χ2n) is 7.22. The molecule has 2 heterocycles. The summed E-state index contributed by atoms with van der Waals surface area (Å²) in [5.74, 6) is 0. The molecule has 0 radical (unpaired) electrons. The highest BCUT2D eigenvalue weighted by atomic mass is 19.4. The van der Waals surface area contributed by atoms with Gasteiger partial charge in [-0.3, -0.25) is 5.10 Å². The molecule has 2 aromatic heterocycles. The zero-order chi connectivity index (χ0) is 19.5. The van der Waals surface area contributed by atoms with Crippen LogP contribution in [-0.4, -0.2) is 15.2 Å². The van der Waals surface area contributed by atoms with Gasteiger partial charge in [0.2, 0.25) is 0 Å². The number of pyridine rings is 1. The van der Waals surface area contributed by atoms with E-state index in [9.17, 15) is 13.2 Å². The Morgan fingerprint density at radius 3 is 2.57 bits per heavy atom. The highest BCUT2D eigenvalue weighted by Gasteiger charge is 2.33. The summed E-state index contributed by atoms with van der Waals surface area (Å²) in [6.45, 7) is 0. The topological polar surface area (TPSA) is 67.6 Å². The van der Waals surface area contributed by atoms with Crippen LogP contribution in [0.1, 0.15) is 29.5 Å². The molecule has 0 spiro atoms. The number of halogens is 3. The van der Waals surface area contributed by atoms with Crippen molar-refractivity contribution >= 4 is 27.5 Å². The third-order valence-electron chi connectivity index (χ3n) is 5.52. The van der Waals surface area contributed by atoms with Gasteiger partial charge in [0.25, 0.3) is 0 Å². The molecule has 0 saturated carbocycles. The van der Waals surface area contributed by atoms with Gasteiger partial charge in [-0.1, -0.05) is 6.07 Å². The van der Waals surface area contributed by atoms with Crippen molar-refractivity contribution in [1.29, 1.82) is 0 Å². The second kappa shape index (κ2) is 5.95. The Morgan fingerprint density at radius 1 is 1.00 bits per heavy atom. The molecule has 3 N–H and O–H groups in total.